The van der Waals surface area contributed by atoms with Crippen molar-refractivity contribution in [1.29, 1.82) is 0 Å². The monoisotopic (exact) mass is 310 g/mol. The highest BCUT2D eigenvalue weighted by Gasteiger charge is 2.42. The number of rotatable bonds is 3. The summed E-state index contributed by atoms with van der Waals surface area (Å²) >= 11 is 0. The van der Waals surface area contributed by atoms with Crippen LogP contribution in [0.4, 0.5) is 0 Å². The second-order valence-electron chi connectivity index (χ2n) is 5.47. The molecule has 3 rings (SSSR count). The van der Waals surface area contributed by atoms with Gasteiger partial charge in [0.15, 0.2) is 0 Å². The van der Waals surface area contributed by atoms with E-state index in [4.69, 9.17) is 0 Å². The van der Waals surface area contributed by atoms with Crippen molar-refractivity contribution in [2.45, 2.75) is 31.8 Å². The third kappa shape index (κ3) is 2.56. The maximum Gasteiger partial charge on any atom is 0.322 e. The van der Waals surface area contributed by atoms with Crippen LogP contribution in [0.25, 0.3) is 0 Å². The van der Waals surface area contributed by atoms with E-state index in [0.717, 1.165) is 9.87 Å². The van der Waals surface area contributed by atoms with Crippen LogP contribution in [0.1, 0.15) is 24.0 Å². The second kappa shape index (κ2) is 5.40. The molecule has 1 fully saturated rings. The first-order valence-corrected chi connectivity index (χ1v) is 8.46. The van der Waals surface area contributed by atoms with E-state index in [1.165, 1.54) is 9.87 Å². The van der Waals surface area contributed by atoms with Gasteiger partial charge in [-0.1, -0.05) is 24.3 Å². The molecule has 2 aliphatic rings. The quantitative estimate of drug-likeness (QED) is 0.897. The maximum absolute atomic E-state index is 12.7. The van der Waals surface area contributed by atoms with E-state index in [0.29, 0.717) is 32.4 Å². The van der Waals surface area contributed by atoms with E-state index in [-0.39, 0.29) is 6.54 Å². The molecule has 0 aromatic heterocycles. The fourth-order valence-corrected chi connectivity index (χ4v) is 4.88. The zero-order valence-corrected chi connectivity index (χ0v) is 12.4. The van der Waals surface area contributed by atoms with E-state index in [2.05, 4.69) is 0 Å². The molecule has 2 aliphatic heterocycles. The summed E-state index contributed by atoms with van der Waals surface area (Å²) < 4.78 is 27.9. The fraction of sp³-hybridized carbons (Fsp3) is 0.500. The van der Waals surface area contributed by atoms with Gasteiger partial charge < -0.3 is 5.11 Å². The van der Waals surface area contributed by atoms with Gasteiger partial charge in [0.1, 0.15) is 6.04 Å². The number of carboxylic acids is 1. The van der Waals surface area contributed by atoms with Crippen molar-refractivity contribution in [3.8, 4) is 0 Å². The Hall–Kier alpha value is -1.44. The highest BCUT2D eigenvalue weighted by atomic mass is 32.2. The summed E-state index contributed by atoms with van der Waals surface area (Å²) in [5, 5.41) is 9.18. The van der Waals surface area contributed by atoms with E-state index < -0.39 is 22.2 Å². The highest BCUT2D eigenvalue weighted by molar-refractivity contribution is 7.86. The van der Waals surface area contributed by atoms with Crippen LogP contribution in [0.3, 0.4) is 0 Å². The van der Waals surface area contributed by atoms with Gasteiger partial charge in [-0.2, -0.15) is 17.0 Å². The molecule has 0 unspecified atom stereocenters. The highest BCUT2D eigenvalue weighted by Crippen LogP contribution is 2.27. The summed E-state index contributed by atoms with van der Waals surface area (Å²) in [5.41, 5.74) is 2.17. The zero-order chi connectivity index (χ0) is 15.0. The van der Waals surface area contributed by atoms with Crippen LogP contribution < -0.4 is 0 Å². The molecule has 0 spiro atoms. The standard InChI is InChI=1S/C14H18N2O4S/c17-14(18)13-6-3-8-16(13)21(19,20)15-9-7-11-4-1-2-5-12(11)10-15/h1-2,4-5,13H,3,6-10H2,(H,17,18)/t13-/m1/s1. The number of fused-ring (bicyclic) bond motifs is 1. The molecule has 1 aromatic carbocycles. The molecular formula is C14H18N2O4S. The minimum atomic E-state index is -3.71. The predicted octanol–water partition coefficient (Wildman–Crippen LogP) is 0.838. The zero-order valence-electron chi connectivity index (χ0n) is 11.6. The lowest BCUT2D eigenvalue weighted by molar-refractivity contribution is -0.140. The molecule has 21 heavy (non-hydrogen) atoms. The molecule has 0 radical (unpaired) electrons. The molecule has 7 heteroatoms. The van der Waals surface area contributed by atoms with E-state index >= 15 is 0 Å². The summed E-state index contributed by atoms with van der Waals surface area (Å²) in [4.78, 5) is 11.2. The molecular weight excluding hydrogens is 292 g/mol. The molecule has 0 saturated carbocycles. The first-order valence-electron chi connectivity index (χ1n) is 7.06. The Morgan fingerprint density at radius 1 is 1.19 bits per heavy atom. The molecule has 0 amide bonds. The second-order valence-corrected chi connectivity index (χ2v) is 7.35. The van der Waals surface area contributed by atoms with Gasteiger partial charge in [-0.15, -0.1) is 0 Å². The number of nitrogens with zero attached hydrogens (tertiary/aromatic N) is 2. The SMILES string of the molecule is O=C(O)[C@H]1CCCN1S(=O)(=O)N1CCc2ccccc2C1. The van der Waals surface area contributed by atoms with Crippen molar-refractivity contribution < 1.29 is 18.3 Å². The van der Waals surface area contributed by atoms with Crippen molar-refractivity contribution in [2.24, 2.45) is 0 Å². The van der Waals surface area contributed by atoms with Crippen molar-refractivity contribution in [2.75, 3.05) is 13.1 Å². The Bertz CT molecular complexity index is 659. The Kier molecular flexibility index (Phi) is 3.73. The first-order chi connectivity index (χ1) is 10.00. The van der Waals surface area contributed by atoms with Crippen molar-refractivity contribution in [1.82, 2.24) is 8.61 Å². The lowest BCUT2D eigenvalue weighted by atomic mass is 10.0. The van der Waals surface area contributed by atoms with Crippen LogP contribution in [0.15, 0.2) is 24.3 Å². The average Bonchev–Trinajstić information content (AvgIpc) is 2.97. The largest absolute Gasteiger partial charge is 0.480 e. The van der Waals surface area contributed by atoms with Gasteiger partial charge in [0.25, 0.3) is 10.2 Å². The molecule has 1 saturated heterocycles. The van der Waals surface area contributed by atoms with Crippen LogP contribution in [0.5, 0.6) is 0 Å². The van der Waals surface area contributed by atoms with Crippen LogP contribution >= 0.6 is 0 Å². The summed E-state index contributed by atoms with van der Waals surface area (Å²) in [6, 6.07) is 6.85. The van der Waals surface area contributed by atoms with Crippen LogP contribution in [-0.2, 0) is 28.0 Å². The topological polar surface area (TPSA) is 77.9 Å². The minimum absolute atomic E-state index is 0.289. The minimum Gasteiger partial charge on any atom is -0.480 e. The molecule has 0 aliphatic carbocycles. The molecule has 2 heterocycles. The molecule has 6 nitrogen and oxygen atoms in total. The molecule has 1 N–H and O–H groups in total. The van der Waals surface area contributed by atoms with Crippen molar-refractivity contribution in [3.63, 3.8) is 0 Å². The first kappa shape index (κ1) is 14.5. The molecule has 114 valence electrons. The number of carboxylic acid groups (broad SMARTS) is 1. The Balaban J connectivity index is 1.85. The number of hydrogen-bond acceptors (Lipinski definition) is 3. The number of carbonyl (C=O) groups is 1. The van der Waals surface area contributed by atoms with E-state index in [1.807, 2.05) is 24.3 Å². The smallest absolute Gasteiger partial charge is 0.322 e. The van der Waals surface area contributed by atoms with Crippen molar-refractivity contribution >= 4 is 16.2 Å². The van der Waals surface area contributed by atoms with Gasteiger partial charge >= 0.3 is 5.97 Å². The predicted molar refractivity (Wildman–Crippen MR) is 76.8 cm³/mol. The van der Waals surface area contributed by atoms with Gasteiger partial charge in [-0.3, -0.25) is 4.79 Å². The summed E-state index contributed by atoms with van der Waals surface area (Å²) in [7, 11) is -3.71. The number of benzene rings is 1. The van der Waals surface area contributed by atoms with E-state index in [1.54, 1.807) is 0 Å². The van der Waals surface area contributed by atoms with Gasteiger partial charge in [-0.05, 0) is 30.4 Å². The molecule has 0 bridgehead atoms. The Morgan fingerprint density at radius 3 is 2.62 bits per heavy atom. The van der Waals surface area contributed by atoms with Crippen LogP contribution in [0, 0.1) is 0 Å². The number of aliphatic carboxylic acids is 1. The summed E-state index contributed by atoms with van der Waals surface area (Å²) in [6.45, 7) is 1.01. The van der Waals surface area contributed by atoms with Gasteiger partial charge in [0.2, 0.25) is 0 Å². The lowest BCUT2D eigenvalue weighted by Gasteiger charge is -2.32. The van der Waals surface area contributed by atoms with Crippen LogP contribution in [0.2, 0.25) is 0 Å². The van der Waals surface area contributed by atoms with Gasteiger partial charge in [-0.25, -0.2) is 0 Å². The normalized spacial score (nSPS) is 23.9. The molecule has 1 aromatic rings. The summed E-state index contributed by atoms with van der Waals surface area (Å²) in [6.07, 6.45) is 1.65. The third-order valence-corrected chi connectivity index (χ3v) is 6.20. The Morgan fingerprint density at radius 2 is 1.90 bits per heavy atom. The summed E-state index contributed by atoms with van der Waals surface area (Å²) in [5.74, 6) is -1.06. The lowest BCUT2D eigenvalue weighted by Crippen LogP contribution is -2.49. The molecule has 1 atom stereocenters. The maximum atomic E-state index is 12.7. The average molecular weight is 310 g/mol. The number of hydrogen-bond donors (Lipinski definition) is 1. The van der Waals surface area contributed by atoms with E-state index in [9.17, 15) is 18.3 Å². The van der Waals surface area contributed by atoms with Gasteiger partial charge in [0.05, 0.1) is 0 Å². The third-order valence-electron chi connectivity index (χ3n) is 4.21. The van der Waals surface area contributed by atoms with Crippen molar-refractivity contribution in [3.05, 3.63) is 35.4 Å². The fourth-order valence-electron chi connectivity index (χ4n) is 3.08. The van der Waals surface area contributed by atoms with Crippen LogP contribution in [-0.4, -0.2) is 47.2 Å². The van der Waals surface area contributed by atoms with Gasteiger partial charge in [0, 0.05) is 19.6 Å². The Labute approximate surface area is 124 Å².